The molecule has 164 valence electrons. The minimum Gasteiger partial charge on any atom is -0.465 e. The molecule has 0 aliphatic carbocycles. The Hall–Kier alpha value is -2.78. The highest BCUT2D eigenvalue weighted by Crippen LogP contribution is 2.20. The smallest absolute Gasteiger partial charge is 0.337 e. The second-order valence-electron chi connectivity index (χ2n) is 7.22. The number of thiazole rings is 1. The molecule has 0 radical (unpaired) electrons. The lowest BCUT2D eigenvalue weighted by atomic mass is 10.1. The number of methoxy groups -OCH3 is 1. The predicted molar refractivity (Wildman–Crippen MR) is 120 cm³/mol. The number of carbonyl (C=O) groups excluding carboxylic acids is 2. The molecule has 2 aromatic carbocycles. The van der Waals surface area contributed by atoms with Crippen LogP contribution in [0.15, 0.2) is 52.4 Å². The number of esters is 1. The van der Waals surface area contributed by atoms with Crippen LogP contribution in [-0.2, 0) is 32.3 Å². The Kier molecular flexibility index (Phi) is 6.76. The van der Waals surface area contributed by atoms with Gasteiger partial charge in [0.1, 0.15) is 0 Å². The Morgan fingerprint density at radius 2 is 1.81 bits per heavy atom. The fourth-order valence-electron chi connectivity index (χ4n) is 3.10. The minimum atomic E-state index is -3.35. The van der Waals surface area contributed by atoms with Gasteiger partial charge in [0.15, 0.2) is 14.6 Å². The SMILES string of the molecule is CCn1c(=NC(=O)Cc2ccc(S(=O)(=O)C(C)C)cc2)sc2cc(C(=O)OC)ccc21. The van der Waals surface area contributed by atoms with Gasteiger partial charge < -0.3 is 9.30 Å². The van der Waals surface area contributed by atoms with Crippen molar-refractivity contribution in [2.75, 3.05) is 7.11 Å². The van der Waals surface area contributed by atoms with Crippen LogP contribution in [0.3, 0.4) is 0 Å². The predicted octanol–water partition coefficient (Wildman–Crippen LogP) is 3.36. The maximum atomic E-state index is 12.6. The number of amides is 1. The van der Waals surface area contributed by atoms with E-state index in [4.69, 9.17) is 4.74 Å². The first-order valence-electron chi connectivity index (χ1n) is 9.79. The van der Waals surface area contributed by atoms with Crippen molar-refractivity contribution in [1.29, 1.82) is 0 Å². The van der Waals surface area contributed by atoms with Crippen molar-refractivity contribution in [2.45, 2.75) is 43.9 Å². The molecule has 0 bridgehead atoms. The summed E-state index contributed by atoms with van der Waals surface area (Å²) in [4.78, 5) is 29.4. The van der Waals surface area contributed by atoms with Crippen LogP contribution < -0.4 is 4.80 Å². The van der Waals surface area contributed by atoms with Crippen molar-refractivity contribution in [3.8, 4) is 0 Å². The van der Waals surface area contributed by atoms with Gasteiger partial charge in [0.05, 0.1) is 39.5 Å². The molecule has 1 amide bonds. The van der Waals surface area contributed by atoms with E-state index in [1.807, 2.05) is 17.6 Å². The topological polar surface area (TPSA) is 94.8 Å². The molecule has 0 saturated carbocycles. The Morgan fingerprint density at radius 1 is 1.13 bits per heavy atom. The van der Waals surface area contributed by atoms with E-state index in [-0.39, 0.29) is 17.2 Å². The number of sulfone groups is 1. The van der Waals surface area contributed by atoms with Gasteiger partial charge in [0.25, 0.3) is 5.91 Å². The summed E-state index contributed by atoms with van der Waals surface area (Å²) >= 11 is 1.33. The zero-order chi connectivity index (χ0) is 22.8. The zero-order valence-electron chi connectivity index (χ0n) is 17.8. The zero-order valence-corrected chi connectivity index (χ0v) is 19.4. The molecule has 0 fully saturated rings. The summed E-state index contributed by atoms with van der Waals surface area (Å²) in [6.45, 7) is 5.84. The number of rotatable bonds is 6. The third-order valence-corrected chi connectivity index (χ3v) is 8.08. The van der Waals surface area contributed by atoms with Crippen LogP contribution in [0.2, 0.25) is 0 Å². The number of hydrogen-bond donors (Lipinski definition) is 0. The summed E-state index contributed by atoms with van der Waals surface area (Å²) in [5.41, 5.74) is 2.01. The Labute approximate surface area is 184 Å². The number of fused-ring (bicyclic) bond motifs is 1. The molecular weight excluding hydrogens is 436 g/mol. The molecule has 3 aromatic rings. The van der Waals surface area contributed by atoms with E-state index in [0.29, 0.717) is 22.5 Å². The summed E-state index contributed by atoms with van der Waals surface area (Å²) in [5, 5.41) is -0.507. The fraction of sp³-hybridized carbons (Fsp3) is 0.318. The van der Waals surface area contributed by atoms with Gasteiger partial charge in [-0.3, -0.25) is 4.79 Å². The quantitative estimate of drug-likeness (QED) is 0.526. The molecule has 1 aromatic heterocycles. The van der Waals surface area contributed by atoms with Crippen molar-refractivity contribution >= 4 is 43.3 Å². The van der Waals surface area contributed by atoms with Crippen LogP contribution in [0, 0.1) is 0 Å². The number of nitrogens with zero attached hydrogens (tertiary/aromatic N) is 2. The molecule has 31 heavy (non-hydrogen) atoms. The van der Waals surface area contributed by atoms with Crippen molar-refractivity contribution in [3.05, 3.63) is 58.4 Å². The van der Waals surface area contributed by atoms with Gasteiger partial charge in [0, 0.05) is 6.54 Å². The van der Waals surface area contributed by atoms with Gasteiger partial charge in [-0.15, -0.1) is 0 Å². The summed E-state index contributed by atoms with van der Waals surface area (Å²) in [6, 6.07) is 11.6. The first kappa shape index (κ1) is 22.9. The maximum Gasteiger partial charge on any atom is 0.337 e. The van der Waals surface area contributed by atoms with E-state index in [9.17, 15) is 18.0 Å². The van der Waals surface area contributed by atoms with Gasteiger partial charge in [0.2, 0.25) is 0 Å². The Bertz CT molecular complexity index is 1300. The molecule has 0 aliphatic rings. The molecule has 0 N–H and O–H groups in total. The molecule has 9 heteroatoms. The number of aromatic nitrogens is 1. The first-order valence-corrected chi connectivity index (χ1v) is 12.2. The molecule has 1 heterocycles. The highest BCUT2D eigenvalue weighted by Gasteiger charge is 2.19. The summed E-state index contributed by atoms with van der Waals surface area (Å²) < 4.78 is 32.0. The number of aryl methyl sites for hydroxylation is 1. The van der Waals surface area contributed by atoms with E-state index in [0.717, 1.165) is 10.2 Å². The highest BCUT2D eigenvalue weighted by atomic mass is 32.2. The lowest BCUT2D eigenvalue weighted by Gasteiger charge is -2.08. The monoisotopic (exact) mass is 460 g/mol. The second-order valence-corrected chi connectivity index (χ2v) is 10.7. The van der Waals surface area contributed by atoms with Crippen LogP contribution in [-0.4, -0.2) is 37.2 Å². The van der Waals surface area contributed by atoms with E-state index in [2.05, 4.69) is 4.99 Å². The summed E-state index contributed by atoms with van der Waals surface area (Å²) in [7, 11) is -2.02. The molecule has 0 aliphatic heterocycles. The van der Waals surface area contributed by atoms with E-state index in [1.54, 1.807) is 38.1 Å². The standard InChI is InChI=1S/C22H24N2O5S2/c1-5-24-18-11-8-16(21(26)29-4)13-19(18)30-22(24)23-20(25)12-15-6-9-17(10-7-15)31(27,28)14(2)3/h6-11,13-14H,5,12H2,1-4H3. The van der Waals surface area contributed by atoms with E-state index >= 15 is 0 Å². The van der Waals surface area contributed by atoms with Gasteiger partial charge in [-0.05, 0) is 56.7 Å². The fourth-order valence-corrected chi connectivity index (χ4v) is 5.31. The lowest BCUT2D eigenvalue weighted by Crippen LogP contribution is -2.16. The van der Waals surface area contributed by atoms with Crippen molar-refractivity contribution in [1.82, 2.24) is 4.57 Å². The van der Waals surface area contributed by atoms with E-state index < -0.39 is 21.1 Å². The van der Waals surface area contributed by atoms with Crippen LogP contribution in [0.25, 0.3) is 10.2 Å². The van der Waals surface area contributed by atoms with Gasteiger partial charge in [-0.25, -0.2) is 13.2 Å². The third kappa shape index (κ3) is 4.77. The molecule has 0 atom stereocenters. The molecule has 7 nitrogen and oxygen atoms in total. The van der Waals surface area contributed by atoms with Gasteiger partial charge >= 0.3 is 5.97 Å². The Balaban J connectivity index is 1.89. The molecule has 0 unspecified atom stereocenters. The first-order chi connectivity index (χ1) is 14.7. The largest absolute Gasteiger partial charge is 0.465 e. The molecule has 0 saturated heterocycles. The van der Waals surface area contributed by atoms with Crippen molar-refractivity contribution in [3.63, 3.8) is 0 Å². The normalized spacial score (nSPS) is 12.5. The summed E-state index contributed by atoms with van der Waals surface area (Å²) in [6.07, 6.45) is 0.0629. The number of hydrogen-bond acceptors (Lipinski definition) is 6. The third-order valence-electron chi connectivity index (χ3n) is 4.87. The molecular formula is C22H24N2O5S2. The average molecular weight is 461 g/mol. The number of carbonyl (C=O) groups is 2. The van der Waals surface area contributed by atoms with Crippen LogP contribution >= 0.6 is 11.3 Å². The van der Waals surface area contributed by atoms with Crippen LogP contribution in [0.1, 0.15) is 36.7 Å². The van der Waals surface area contributed by atoms with Gasteiger partial charge in [-0.1, -0.05) is 23.5 Å². The van der Waals surface area contributed by atoms with Gasteiger partial charge in [-0.2, -0.15) is 4.99 Å². The molecule has 0 spiro atoms. The highest BCUT2D eigenvalue weighted by molar-refractivity contribution is 7.92. The number of benzene rings is 2. The molecule has 3 rings (SSSR count). The van der Waals surface area contributed by atoms with Crippen LogP contribution in [0.5, 0.6) is 0 Å². The Morgan fingerprint density at radius 3 is 2.39 bits per heavy atom. The lowest BCUT2D eigenvalue weighted by molar-refractivity contribution is -0.117. The minimum absolute atomic E-state index is 0.0629. The van der Waals surface area contributed by atoms with E-state index in [1.165, 1.54) is 30.6 Å². The van der Waals surface area contributed by atoms with Crippen molar-refractivity contribution in [2.24, 2.45) is 4.99 Å². The van der Waals surface area contributed by atoms with Crippen molar-refractivity contribution < 1.29 is 22.7 Å². The second kappa shape index (κ2) is 9.15. The maximum absolute atomic E-state index is 12.6. The van der Waals surface area contributed by atoms with Crippen LogP contribution in [0.4, 0.5) is 0 Å². The number of ether oxygens (including phenoxy) is 1. The average Bonchev–Trinajstić information content (AvgIpc) is 3.09. The summed E-state index contributed by atoms with van der Waals surface area (Å²) in [5.74, 6) is -0.753.